The van der Waals surface area contributed by atoms with Crippen molar-refractivity contribution in [2.24, 2.45) is 0 Å². The predicted molar refractivity (Wildman–Crippen MR) is 60.2 cm³/mol. The summed E-state index contributed by atoms with van der Waals surface area (Å²) in [6.07, 6.45) is 0.962. The van der Waals surface area contributed by atoms with Gasteiger partial charge in [-0.3, -0.25) is 9.63 Å². The molecule has 1 aromatic rings. The molecule has 0 unspecified atom stereocenters. The number of nitrogens with zero attached hydrogens (tertiary/aromatic N) is 1. The van der Waals surface area contributed by atoms with Crippen LogP contribution in [0.4, 0.5) is 0 Å². The lowest BCUT2D eigenvalue weighted by Gasteiger charge is -2.17. The molecule has 0 heterocycles. The van der Waals surface area contributed by atoms with Crippen LogP contribution in [0, 0.1) is 6.42 Å². The topological polar surface area (TPSA) is 49.8 Å². The molecule has 0 fully saturated rings. The van der Waals surface area contributed by atoms with Crippen LogP contribution in [0.25, 0.3) is 0 Å². The van der Waals surface area contributed by atoms with Crippen LogP contribution in [0.5, 0.6) is 0 Å². The van der Waals surface area contributed by atoms with Crippen molar-refractivity contribution in [2.45, 2.75) is 12.5 Å². The Morgan fingerprint density at radius 1 is 1.50 bits per heavy atom. The van der Waals surface area contributed by atoms with Crippen LogP contribution in [0.1, 0.15) is 5.56 Å². The van der Waals surface area contributed by atoms with Crippen LogP contribution >= 0.6 is 0 Å². The van der Waals surface area contributed by atoms with Crippen LogP contribution in [-0.2, 0) is 16.1 Å². The molecule has 0 aliphatic carbocycles. The Hall–Kier alpha value is -1.39. The summed E-state index contributed by atoms with van der Waals surface area (Å²) in [6.45, 7) is 0. The van der Waals surface area contributed by atoms with Crippen molar-refractivity contribution in [2.75, 3.05) is 14.2 Å². The Labute approximate surface area is 95.4 Å². The number of aliphatic hydroxyl groups excluding tert-OH is 1. The second kappa shape index (κ2) is 6.25. The number of rotatable bonds is 5. The highest BCUT2D eigenvalue weighted by Crippen LogP contribution is 2.05. The van der Waals surface area contributed by atoms with Gasteiger partial charge in [0.05, 0.1) is 7.11 Å². The third-order valence-electron chi connectivity index (χ3n) is 2.26. The lowest BCUT2D eigenvalue weighted by Crippen LogP contribution is -2.36. The Balaban J connectivity index is 2.41. The van der Waals surface area contributed by atoms with E-state index in [0.717, 1.165) is 10.6 Å². The van der Waals surface area contributed by atoms with Crippen molar-refractivity contribution >= 4 is 5.91 Å². The molecule has 1 aromatic carbocycles. The zero-order valence-corrected chi connectivity index (χ0v) is 9.46. The summed E-state index contributed by atoms with van der Waals surface area (Å²) in [6, 6.07) is 9.63. The van der Waals surface area contributed by atoms with Crippen LogP contribution in [-0.4, -0.2) is 36.3 Å². The number of hydrogen-bond donors (Lipinski definition) is 1. The van der Waals surface area contributed by atoms with E-state index in [9.17, 15) is 9.90 Å². The smallest absolute Gasteiger partial charge is 0.274 e. The van der Waals surface area contributed by atoms with Crippen molar-refractivity contribution in [3.05, 3.63) is 42.3 Å². The Bertz CT molecular complexity index is 326. The van der Waals surface area contributed by atoms with Gasteiger partial charge in [0.15, 0.2) is 0 Å². The molecule has 0 aliphatic heterocycles. The maximum Gasteiger partial charge on any atom is 0.274 e. The molecule has 87 valence electrons. The number of aliphatic hydroxyl groups is 1. The zero-order valence-electron chi connectivity index (χ0n) is 9.46. The summed E-state index contributed by atoms with van der Waals surface area (Å²) < 4.78 is 0. The molecule has 0 saturated carbocycles. The maximum atomic E-state index is 11.4. The largest absolute Gasteiger partial charge is 0.383 e. The van der Waals surface area contributed by atoms with E-state index in [1.165, 1.54) is 14.2 Å². The fraction of sp³-hybridized carbons (Fsp3) is 0.333. The first-order chi connectivity index (χ1) is 7.65. The lowest BCUT2D eigenvalue weighted by molar-refractivity contribution is -0.176. The van der Waals surface area contributed by atoms with Gasteiger partial charge in [-0.25, -0.2) is 5.06 Å². The van der Waals surface area contributed by atoms with Crippen molar-refractivity contribution in [3.63, 3.8) is 0 Å². The Morgan fingerprint density at radius 3 is 2.69 bits per heavy atom. The number of carbonyl (C=O) groups is 1. The van der Waals surface area contributed by atoms with Gasteiger partial charge in [0.25, 0.3) is 5.91 Å². The molecule has 0 saturated heterocycles. The molecule has 1 rings (SSSR count). The van der Waals surface area contributed by atoms with Gasteiger partial charge >= 0.3 is 0 Å². The SMILES string of the molecule is CON(C)C(=O)[C@@H](O)[CH]Cc1ccccc1. The van der Waals surface area contributed by atoms with Gasteiger partial charge in [0.1, 0.15) is 6.10 Å². The van der Waals surface area contributed by atoms with E-state index in [-0.39, 0.29) is 0 Å². The van der Waals surface area contributed by atoms with Crippen LogP contribution in [0.3, 0.4) is 0 Å². The molecule has 0 aliphatic rings. The number of amides is 1. The summed E-state index contributed by atoms with van der Waals surface area (Å²) in [5.74, 6) is -0.474. The monoisotopic (exact) mass is 222 g/mol. The van der Waals surface area contributed by atoms with E-state index in [1.54, 1.807) is 6.42 Å². The minimum Gasteiger partial charge on any atom is -0.383 e. The molecular weight excluding hydrogens is 206 g/mol. The lowest BCUT2D eigenvalue weighted by atomic mass is 10.1. The van der Waals surface area contributed by atoms with Crippen molar-refractivity contribution < 1.29 is 14.7 Å². The Kier molecular flexibility index (Phi) is 4.95. The van der Waals surface area contributed by atoms with Crippen LogP contribution in [0.2, 0.25) is 0 Å². The third-order valence-corrected chi connectivity index (χ3v) is 2.26. The highest BCUT2D eigenvalue weighted by molar-refractivity contribution is 5.80. The van der Waals surface area contributed by atoms with Gasteiger partial charge in [-0.2, -0.15) is 0 Å². The number of carbonyl (C=O) groups excluding carboxylic acids is 1. The molecule has 1 radical (unpaired) electrons. The fourth-order valence-electron chi connectivity index (χ4n) is 1.24. The highest BCUT2D eigenvalue weighted by Gasteiger charge is 2.19. The van der Waals surface area contributed by atoms with Gasteiger partial charge < -0.3 is 5.11 Å². The normalized spacial score (nSPS) is 12.2. The average molecular weight is 222 g/mol. The minimum absolute atomic E-state index is 0.474. The Morgan fingerprint density at radius 2 is 2.12 bits per heavy atom. The number of hydroxylamine groups is 2. The van der Waals surface area contributed by atoms with Gasteiger partial charge in [-0.05, 0) is 12.0 Å². The van der Waals surface area contributed by atoms with E-state index in [1.807, 2.05) is 30.3 Å². The maximum absolute atomic E-state index is 11.4. The molecule has 0 spiro atoms. The molecule has 1 N–H and O–H groups in total. The summed E-state index contributed by atoms with van der Waals surface area (Å²) in [5.41, 5.74) is 1.05. The van der Waals surface area contributed by atoms with Gasteiger partial charge in [-0.15, -0.1) is 0 Å². The second-order valence-electron chi connectivity index (χ2n) is 3.39. The standard InChI is InChI=1S/C12H16NO3/c1-13(16-2)12(15)11(14)9-8-10-6-4-3-5-7-10/h3-7,9,11,14H,8H2,1-2H3/t11-/m0/s1. The first kappa shape index (κ1) is 12.7. The average Bonchev–Trinajstić information content (AvgIpc) is 2.35. The third kappa shape index (κ3) is 3.64. The summed E-state index contributed by atoms with van der Waals surface area (Å²) in [5, 5.41) is 10.6. The van der Waals surface area contributed by atoms with E-state index in [4.69, 9.17) is 0 Å². The number of hydrogen-bond acceptors (Lipinski definition) is 3. The number of benzene rings is 1. The minimum atomic E-state index is -1.13. The highest BCUT2D eigenvalue weighted by atomic mass is 16.7. The molecule has 4 nitrogen and oxygen atoms in total. The molecule has 1 atom stereocenters. The van der Waals surface area contributed by atoms with E-state index in [2.05, 4.69) is 4.84 Å². The molecule has 0 bridgehead atoms. The molecule has 1 amide bonds. The number of likely N-dealkylation sites (N-methyl/N-ethyl adjacent to an activating group) is 1. The molecule has 4 heteroatoms. The molecule has 0 aromatic heterocycles. The van der Waals surface area contributed by atoms with E-state index >= 15 is 0 Å². The van der Waals surface area contributed by atoms with E-state index in [0.29, 0.717) is 6.42 Å². The van der Waals surface area contributed by atoms with Crippen molar-refractivity contribution in [1.82, 2.24) is 5.06 Å². The first-order valence-electron chi connectivity index (χ1n) is 5.02. The van der Waals surface area contributed by atoms with Gasteiger partial charge in [-0.1, -0.05) is 30.3 Å². The van der Waals surface area contributed by atoms with Crippen LogP contribution < -0.4 is 0 Å². The quantitative estimate of drug-likeness (QED) is 0.750. The fourth-order valence-corrected chi connectivity index (χ4v) is 1.24. The van der Waals surface area contributed by atoms with Crippen molar-refractivity contribution in [3.8, 4) is 0 Å². The molecule has 16 heavy (non-hydrogen) atoms. The van der Waals surface area contributed by atoms with E-state index < -0.39 is 12.0 Å². The first-order valence-corrected chi connectivity index (χ1v) is 5.02. The second-order valence-corrected chi connectivity index (χ2v) is 3.39. The van der Waals surface area contributed by atoms with Crippen LogP contribution in [0.15, 0.2) is 30.3 Å². The van der Waals surface area contributed by atoms with Gasteiger partial charge in [0, 0.05) is 13.5 Å². The molecular formula is C12H16NO3. The summed E-state index contributed by atoms with van der Waals surface area (Å²) in [4.78, 5) is 16.1. The van der Waals surface area contributed by atoms with Crippen molar-refractivity contribution in [1.29, 1.82) is 0 Å². The zero-order chi connectivity index (χ0) is 12.0. The summed E-state index contributed by atoms with van der Waals surface area (Å²) in [7, 11) is 2.84. The predicted octanol–water partition coefficient (Wildman–Crippen LogP) is 0.814. The summed E-state index contributed by atoms with van der Waals surface area (Å²) >= 11 is 0. The van der Waals surface area contributed by atoms with Gasteiger partial charge in [0.2, 0.25) is 0 Å².